The van der Waals surface area contributed by atoms with Gasteiger partial charge in [-0.25, -0.2) is 0 Å². The highest BCUT2D eigenvalue weighted by molar-refractivity contribution is 6.35. The largest absolute Gasteiger partial charge is 0.339 e. The molecule has 13 heavy (non-hydrogen) atoms. The van der Waals surface area contributed by atoms with E-state index in [2.05, 4.69) is 11.9 Å². The van der Waals surface area contributed by atoms with Gasteiger partial charge in [0.2, 0.25) is 0 Å². The van der Waals surface area contributed by atoms with Crippen LogP contribution in [-0.2, 0) is 6.54 Å². The van der Waals surface area contributed by atoms with Crippen LogP contribution in [0.5, 0.6) is 0 Å². The van der Waals surface area contributed by atoms with Crippen molar-refractivity contribution in [2.75, 3.05) is 6.54 Å². The summed E-state index contributed by atoms with van der Waals surface area (Å²) in [6.45, 7) is 5.31. The predicted octanol–water partition coefficient (Wildman–Crippen LogP) is 2.24. The van der Waals surface area contributed by atoms with Gasteiger partial charge in [-0.2, -0.15) is 0 Å². The lowest BCUT2D eigenvalue weighted by atomic mass is 10.2. The molecule has 1 aromatic carbocycles. The smallest absolute Gasteiger partial charge is 0.104 e. The van der Waals surface area contributed by atoms with Gasteiger partial charge in [-0.05, 0) is 18.2 Å². The van der Waals surface area contributed by atoms with Crippen molar-refractivity contribution in [3.8, 4) is 0 Å². The molecular weight excluding hydrogens is 205 g/mol. The molecule has 0 amide bonds. The number of hydrogen-bond donors (Lipinski definition) is 1. The zero-order valence-corrected chi connectivity index (χ0v) is 8.78. The molecule has 0 unspecified atom stereocenters. The Hall–Kier alpha value is -0.500. The van der Waals surface area contributed by atoms with E-state index in [0.29, 0.717) is 0 Å². The van der Waals surface area contributed by atoms with Gasteiger partial charge >= 0.3 is 0 Å². The van der Waals surface area contributed by atoms with E-state index in [-0.39, 0.29) is 0 Å². The molecule has 3 heteroatoms. The summed E-state index contributed by atoms with van der Waals surface area (Å²) in [5.41, 5.74) is 0.993. The van der Waals surface area contributed by atoms with Crippen molar-refractivity contribution in [3.05, 3.63) is 46.5 Å². The summed E-state index contributed by atoms with van der Waals surface area (Å²) in [6.07, 6.45) is 1.85. The first-order chi connectivity index (χ1) is 6.25. The second-order valence-electron chi connectivity index (χ2n) is 2.72. The summed E-state index contributed by atoms with van der Waals surface area (Å²) in [7, 11) is 0. The van der Waals surface area contributed by atoms with E-state index < -0.39 is 0 Å². The molecule has 0 fully saturated rings. The Morgan fingerprint density at radius 2 is 1.92 bits per heavy atom. The highest BCUT2D eigenvalue weighted by Crippen LogP contribution is 2.22. The van der Waals surface area contributed by atoms with Gasteiger partial charge in [-0.15, -0.1) is 0 Å². The van der Waals surface area contributed by atoms with Gasteiger partial charge in [0.05, 0.1) is 16.6 Å². The standard InChI is InChI=1S/C10H11Cl2N/c1-2-6-13-7-8-9(11)4-3-5-10(8)12/h2-5,13H,1,6-7H2/p+1. The van der Waals surface area contributed by atoms with Crippen LogP contribution >= 0.6 is 23.2 Å². The first-order valence-corrected chi connectivity index (χ1v) is 4.86. The van der Waals surface area contributed by atoms with Gasteiger partial charge in [-0.3, -0.25) is 0 Å². The Bertz CT molecular complexity index is 277. The highest BCUT2D eigenvalue weighted by Gasteiger charge is 2.05. The zero-order chi connectivity index (χ0) is 9.68. The van der Waals surface area contributed by atoms with Gasteiger partial charge in [0.25, 0.3) is 0 Å². The quantitative estimate of drug-likeness (QED) is 0.588. The van der Waals surface area contributed by atoms with Crippen molar-refractivity contribution in [2.45, 2.75) is 6.54 Å². The molecule has 0 bridgehead atoms. The first-order valence-electron chi connectivity index (χ1n) is 4.11. The minimum absolute atomic E-state index is 0.729. The fraction of sp³-hybridized carbons (Fsp3) is 0.200. The van der Waals surface area contributed by atoms with E-state index in [9.17, 15) is 0 Å². The van der Waals surface area contributed by atoms with Crippen molar-refractivity contribution in [1.82, 2.24) is 0 Å². The Balaban J connectivity index is 2.69. The molecule has 0 heterocycles. The maximum atomic E-state index is 5.98. The minimum Gasteiger partial charge on any atom is -0.339 e. The molecule has 0 radical (unpaired) electrons. The van der Waals surface area contributed by atoms with Gasteiger partial charge in [0.1, 0.15) is 6.54 Å². The number of hydrogen-bond acceptors (Lipinski definition) is 0. The van der Waals surface area contributed by atoms with Crippen LogP contribution in [0.3, 0.4) is 0 Å². The highest BCUT2D eigenvalue weighted by atomic mass is 35.5. The van der Waals surface area contributed by atoms with Gasteiger partial charge in [0.15, 0.2) is 0 Å². The summed E-state index contributed by atoms with van der Waals surface area (Å²) in [6, 6.07) is 5.55. The lowest BCUT2D eigenvalue weighted by Gasteiger charge is -2.04. The Labute approximate surface area is 88.4 Å². The van der Waals surface area contributed by atoms with Crippen LogP contribution in [0.1, 0.15) is 5.56 Å². The number of rotatable bonds is 4. The monoisotopic (exact) mass is 216 g/mol. The maximum absolute atomic E-state index is 5.98. The van der Waals surface area contributed by atoms with Crippen LogP contribution in [0.25, 0.3) is 0 Å². The second-order valence-corrected chi connectivity index (χ2v) is 3.53. The predicted molar refractivity (Wildman–Crippen MR) is 57.2 cm³/mol. The Kier molecular flexibility index (Phi) is 4.29. The summed E-state index contributed by atoms with van der Waals surface area (Å²) < 4.78 is 0. The maximum Gasteiger partial charge on any atom is 0.104 e. The first kappa shape index (κ1) is 10.6. The number of nitrogens with two attached hydrogens (primary N) is 1. The second kappa shape index (κ2) is 5.28. The number of halogens is 2. The van der Waals surface area contributed by atoms with E-state index in [1.54, 1.807) is 0 Å². The SMILES string of the molecule is C=CC[NH2+]Cc1c(Cl)cccc1Cl. The molecule has 0 aliphatic rings. The van der Waals surface area contributed by atoms with Gasteiger partial charge in [-0.1, -0.05) is 35.8 Å². The van der Waals surface area contributed by atoms with Crippen LogP contribution in [0.15, 0.2) is 30.9 Å². The van der Waals surface area contributed by atoms with Crippen LogP contribution in [0.2, 0.25) is 10.0 Å². The number of quaternary nitrogens is 1. The van der Waals surface area contributed by atoms with E-state index in [1.807, 2.05) is 24.3 Å². The molecule has 1 nitrogen and oxygen atoms in total. The molecule has 0 aliphatic heterocycles. The van der Waals surface area contributed by atoms with Gasteiger partial charge < -0.3 is 5.32 Å². The third-order valence-corrected chi connectivity index (χ3v) is 2.45. The van der Waals surface area contributed by atoms with Crippen LogP contribution in [0.4, 0.5) is 0 Å². The van der Waals surface area contributed by atoms with Gasteiger partial charge in [0, 0.05) is 5.56 Å². The molecule has 2 N–H and O–H groups in total. The lowest BCUT2D eigenvalue weighted by molar-refractivity contribution is -0.661. The zero-order valence-electron chi connectivity index (χ0n) is 7.26. The minimum atomic E-state index is 0.729. The van der Waals surface area contributed by atoms with Crippen LogP contribution in [-0.4, -0.2) is 6.54 Å². The van der Waals surface area contributed by atoms with Crippen LogP contribution in [0, 0.1) is 0 Å². The molecule has 0 aromatic heterocycles. The van der Waals surface area contributed by atoms with Crippen LogP contribution < -0.4 is 5.32 Å². The Morgan fingerprint density at radius 3 is 2.46 bits per heavy atom. The van der Waals surface area contributed by atoms with Crippen molar-refractivity contribution < 1.29 is 5.32 Å². The van der Waals surface area contributed by atoms with E-state index in [0.717, 1.165) is 28.7 Å². The molecule has 0 atom stereocenters. The third-order valence-electron chi connectivity index (χ3n) is 1.74. The normalized spacial score (nSPS) is 10.0. The summed E-state index contributed by atoms with van der Waals surface area (Å²) in [4.78, 5) is 0. The summed E-state index contributed by atoms with van der Waals surface area (Å²) in [5, 5.41) is 3.56. The topological polar surface area (TPSA) is 16.6 Å². The van der Waals surface area contributed by atoms with E-state index in [4.69, 9.17) is 23.2 Å². The van der Waals surface area contributed by atoms with E-state index in [1.165, 1.54) is 0 Å². The number of benzene rings is 1. The molecule has 70 valence electrons. The van der Waals surface area contributed by atoms with Crippen molar-refractivity contribution in [2.24, 2.45) is 0 Å². The molecule has 1 rings (SSSR count). The molecule has 0 saturated heterocycles. The third kappa shape index (κ3) is 3.03. The average molecular weight is 217 g/mol. The van der Waals surface area contributed by atoms with Crippen molar-refractivity contribution in [3.63, 3.8) is 0 Å². The van der Waals surface area contributed by atoms with Crippen molar-refractivity contribution >= 4 is 23.2 Å². The molecular formula is C10H12Cl2N+. The molecule has 0 saturated carbocycles. The summed E-state index contributed by atoms with van der Waals surface area (Å²) in [5.74, 6) is 0. The molecule has 0 spiro atoms. The Morgan fingerprint density at radius 1 is 1.31 bits per heavy atom. The van der Waals surface area contributed by atoms with Crippen molar-refractivity contribution in [1.29, 1.82) is 0 Å². The molecule has 0 aliphatic carbocycles. The fourth-order valence-corrected chi connectivity index (χ4v) is 1.62. The fourth-order valence-electron chi connectivity index (χ4n) is 1.07. The average Bonchev–Trinajstić information content (AvgIpc) is 2.10. The molecule has 1 aromatic rings. The summed E-state index contributed by atoms with van der Waals surface area (Å²) >= 11 is 12.0. The lowest BCUT2D eigenvalue weighted by Crippen LogP contribution is -2.82. The van der Waals surface area contributed by atoms with E-state index >= 15 is 0 Å².